The van der Waals surface area contributed by atoms with Crippen molar-refractivity contribution in [2.75, 3.05) is 45.9 Å². The number of thiophene rings is 1. The predicted octanol–water partition coefficient (Wildman–Crippen LogP) is 1.76. The van der Waals surface area contributed by atoms with Gasteiger partial charge >= 0.3 is 0 Å². The average molecular weight is 406 g/mol. The summed E-state index contributed by atoms with van der Waals surface area (Å²) in [4.78, 5) is 28.9. The first kappa shape index (κ1) is 19.9. The molecule has 0 unspecified atom stereocenters. The quantitative estimate of drug-likeness (QED) is 0.716. The molecular formula is C21H31N3O3S. The van der Waals surface area contributed by atoms with Crippen LogP contribution in [0.1, 0.15) is 31.2 Å². The predicted molar refractivity (Wildman–Crippen MR) is 109 cm³/mol. The lowest BCUT2D eigenvalue weighted by molar-refractivity contribution is -0.150. The van der Waals surface area contributed by atoms with E-state index >= 15 is 0 Å². The Morgan fingerprint density at radius 2 is 1.96 bits per heavy atom. The van der Waals surface area contributed by atoms with Crippen molar-refractivity contribution >= 4 is 23.2 Å². The number of rotatable bonds is 8. The maximum absolute atomic E-state index is 12.3. The lowest BCUT2D eigenvalue weighted by Gasteiger charge is -2.38. The number of carbonyl (C=O) groups excluding carboxylic acids is 2. The molecule has 3 aliphatic rings. The standard InChI is InChI=1S/C21H31N3O3S/c25-20(9-18-5-8-28-15-18)22-10-19-13-24(21(26)14-27-19)12-17-3-6-23(7-4-17)11-16-1-2-16/h5,8,15-17,19H,1-4,6-7,9-14H2,(H,22,25)/t19-/m1/s1. The number of carbonyl (C=O) groups is 2. The molecule has 6 nitrogen and oxygen atoms in total. The van der Waals surface area contributed by atoms with Gasteiger partial charge in [0.1, 0.15) is 6.61 Å². The van der Waals surface area contributed by atoms with Crippen molar-refractivity contribution in [1.29, 1.82) is 0 Å². The Morgan fingerprint density at radius 1 is 1.18 bits per heavy atom. The van der Waals surface area contributed by atoms with Crippen LogP contribution >= 0.6 is 11.3 Å². The first-order valence-electron chi connectivity index (χ1n) is 10.5. The third-order valence-corrected chi connectivity index (χ3v) is 6.82. The number of morpholine rings is 1. The summed E-state index contributed by atoms with van der Waals surface area (Å²) in [7, 11) is 0. The van der Waals surface area contributed by atoms with Gasteiger partial charge < -0.3 is 19.9 Å². The molecule has 3 heterocycles. The number of ether oxygens (including phenoxy) is 1. The van der Waals surface area contributed by atoms with Gasteiger partial charge in [-0.1, -0.05) is 0 Å². The van der Waals surface area contributed by atoms with Crippen LogP contribution in [0.3, 0.4) is 0 Å². The number of piperidine rings is 1. The summed E-state index contributed by atoms with van der Waals surface area (Å²) in [5.41, 5.74) is 1.04. The Morgan fingerprint density at radius 3 is 2.68 bits per heavy atom. The molecule has 1 atom stereocenters. The molecule has 1 aromatic heterocycles. The zero-order chi connectivity index (χ0) is 19.3. The summed E-state index contributed by atoms with van der Waals surface area (Å²) in [6.07, 6.45) is 5.47. The highest BCUT2D eigenvalue weighted by Crippen LogP contribution is 2.31. The topological polar surface area (TPSA) is 61.9 Å². The van der Waals surface area contributed by atoms with Gasteiger partial charge in [-0.05, 0) is 73.0 Å². The number of hydrogen-bond donors (Lipinski definition) is 1. The Balaban J connectivity index is 1.18. The molecule has 2 saturated heterocycles. The Bertz CT molecular complexity index is 654. The zero-order valence-electron chi connectivity index (χ0n) is 16.5. The minimum Gasteiger partial charge on any atom is -0.365 e. The van der Waals surface area contributed by atoms with E-state index in [4.69, 9.17) is 4.74 Å². The van der Waals surface area contributed by atoms with Gasteiger partial charge in [0.15, 0.2) is 0 Å². The van der Waals surface area contributed by atoms with Crippen molar-refractivity contribution in [3.63, 3.8) is 0 Å². The second-order valence-corrected chi connectivity index (χ2v) is 9.31. The van der Waals surface area contributed by atoms with E-state index in [1.807, 2.05) is 21.7 Å². The fraction of sp³-hybridized carbons (Fsp3) is 0.714. The molecule has 0 spiro atoms. The minimum atomic E-state index is -0.112. The molecule has 28 heavy (non-hydrogen) atoms. The van der Waals surface area contributed by atoms with Crippen LogP contribution in [0, 0.1) is 11.8 Å². The highest BCUT2D eigenvalue weighted by molar-refractivity contribution is 7.08. The second-order valence-electron chi connectivity index (χ2n) is 8.53. The van der Waals surface area contributed by atoms with E-state index in [0.717, 1.165) is 18.0 Å². The third-order valence-electron chi connectivity index (χ3n) is 6.09. The molecule has 2 amide bonds. The summed E-state index contributed by atoms with van der Waals surface area (Å²) in [6.45, 7) is 5.62. The fourth-order valence-corrected chi connectivity index (χ4v) is 4.85. The van der Waals surface area contributed by atoms with Gasteiger partial charge in [0.2, 0.25) is 11.8 Å². The van der Waals surface area contributed by atoms with E-state index in [9.17, 15) is 9.59 Å². The number of hydrogen-bond acceptors (Lipinski definition) is 5. The van der Waals surface area contributed by atoms with Gasteiger partial charge in [-0.15, -0.1) is 0 Å². The molecule has 2 aliphatic heterocycles. The van der Waals surface area contributed by atoms with Crippen LogP contribution in [0.25, 0.3) is 0 Å². The minimum absolute atomic E-state index is 0.00786. The Labute approximate surface area is 171 Å². The van der Waals surface area contributed by atoms with Crippen LogP contribution < -0.4 is 5.32 Å². The van der Waals surface area contributed by atoms with Gasteiger partial charge in [-0.3, -0.25) is 9.59 Å². The van der Waals surface area contributed by atoms with Crippen LogP contribution in [0.15, 0.2) is 16.8 Å². The van der Waals surface area contributed by atoms with Crippen LogP contribution in [0.5, 0.6) is 0 Å². The molecule has 0 bridgehead atoms. The summed E-state index contributed by atoms with van der Waals surface area (Å²) < 4.78 is 5.65. The molecule has 1 saturated carbocycles. The molecule has 1 aliphatic carbocycles. The van der Waals surface area contributed by atoms with Crippen molar-refractivity contribution < 1.29 is 14.3 Å². The zero-order valence-corrected chi connectivity index (χ0v) is 17.3. The number of nitrogens with one attached hydrogen (secondary N) is 1. The van der Waals surface area contributed by atoms with E-state index < -0.39 is 0 Å². The van der Waals surface area contributed by atoms with E-state index in [2.05, 4.69) is 10.2 Å². The van der Waals surface area contributed by atoms with Crippen molar-refractivity contribution in [2.24, 2.45) is 11.8 Å². The molecule has 0 radical (unpaired) electrons. The van der Waals surface area contributed by atoms with Crippen LogP contribution in [-0.4, -0.2) is 73.6 Å². The molecule has 154 valence electrons. The molecule has 1 aromatic rings. The third kappa shape index (κ3) is 5.78. The Kier molecular flexibility index (Phi) is 6.65. The molecule has 4 rings (SSSR count). The number of amides is 2. The van der Waals surface area contributed by atoms with Gasteiger partial charge in [0.05, 0.1) is 12.5 Å². The van der Waals surface area contributed by atoms with E-state index in [1.165, 1.54) is 45.3 Å². The molecule has 1 N–H and O–H groups in total. The van der Waals surface area contributed by atoms with Crippen molar-refractivity contribution in [3.8, 4) is 0 Å². The van der Waals surface area contributed by atoms with Crippen LogP contribution in [0.2, 0.25) is 0 Å². The van der Waals surface area contributed by atoms with Gasteiger partial charge in [-0.2, -0.15) is 11.3 Å². The van der Waals surface area contributed by atoms with Gasteiger partial charge in [-0.25, -0.2) is 0 Å². The average Bonchev–Trinajstić information content (AvgIpc) is 3.36. The molecular weight excluding hydrogens is 374 g/mol. The first-order chi connectivity index (χ1) is 13.7. The summed E-state index contributed by atoms with van der Waals surface area (Å²) in [6, 6.07) is 1.97. The largest absolute Gasteiger partial charge is 0.365 e. The van der Waals surface area contributed by atoms with Gasteiger partial charge in [0, 0.05) is 26.2 Å². The summed E-state index contributed by atoms with van der Waals surface area (Å²) in [5.74, 6) is 1.63. The lowest BCUT2D eigenvalue weighted by Crippen LogP contribution is -2.52. The smallest absolute Gasteiger partial charge is 0.248 e. The number of likely N-dealkylation sites (tertiary alicyclic amines) is 1. The SMILES string of the molecule is O=C(Cc1ccsc1)NC[C@@H]1CN(CC2CCN(CC3CC3)CC2)C(=O)CO1. The summed E-state index contributed by atoms with van der Waals surface area (Å²) in [5, 5.41) is 6.93. The molecule has 7 heteroatoms. The fourth-order valence-electron chi connectivity index (χ4n) is 4.18. The van der Waals surface area contributed by atoms with E-state index in [0.29, 0.717) is 25.4 Å². The highest BCUT2D eigenvalue weighted by Gasteiger charge is 2.31. The van der Waals surface area contributed by atoms with Crippen molar-refractivity contribution in [3.05, 3.63) is 22.4 Å². The second kappa shape index (κ2) is 9.37. The monoisotopic (exact) mass is 405 g/mol. The molecule has 0 aromatic carbocycles. The van der Waals surface area contributed by atoms with Gasteiger partial charge in [0.25, 0.3) is 0 Å². The van der Waals surface area contributed by atoms with Crippen LogP contribution in [-0.2, 0) is 20.7 Å². The van der Waals surface area contributed by atoms with E-state index in [1.54, 1.807) is 11.3 Å². The summed E-state index contributed by atoms with van der Waals surface area (Å²) >= 11 is 1.60. The number of nitrogens with zero attached hydrogens (tertiary/aromatic N) is 2. The maximum Gasteiger partial charge on any atom is 0.248 e. The lowest BCUT2D eigenvalue weighted by atomic mass is 9.95. The van der Waals surface area contributed by atoms with Crippen molar-refractivity contribution in [1.82, 2.24) is 15.1 Å². The highest BCUT2D eigenvalue weighted by atomic mass is 32.1. The maximum atomic E-state index is 12.3. The first-order valence-corrected chi connectivity index (χ1v) is 11.5. The normalized spacial score (nSPS) is 24.5. The van der Waals surface area contributed by atoms with E-state index in [-0.39, 0.29) is 24.5 Å². The van der Waals surface area contributed by atoms with Crippen LogP contribution in [0.4, 0.5) is 0 Å². The Hall–Kier alpha value is -1.44. The molecule has 3 fully saturated rings. The van der Waals surface area contributed by atoms with Crippen molar-refractivity contribution in [2.45, 2.75) is 38.2 Å².